The summed E-state index contributed by atoms with van der Waals surface area (Å²) in [6.07, 6.45) is 3.24. The van der Waals surface area contributed by atoms with Gasteiger partial charge in [-0.2, -0.15) is 0 Å². The van der Waals surface area contributed by atoms with E-state index in [1.807, 2.05) is 11.8 Å². The van der Waals surface area contributed by atoms with Crippen LogP contribution in [0.25, 0.3) is 6.08 Å². The van der Waals surface area contributed by atoms with E-state index in [0.717, 1.165) is 6.42 Å². The van der Waals surface area contributed by atoms with Crippen LogP contribution in [-0.2, 0) is 6.42 Å². The molecule has 0 aliphatic heterocycles. The Balaban J connectivity index is 1.86. The van der Waals surface area contributed by atoms with Crippen molar-refractivity contribution in [2.45, 2.75) is 11.3 Å². The van der Waals surface area contributed by atoms with Gasteiger partial charge in [-0.1, -0.05) is 90.6 Å². The molecule has 0 nitrogen and oxygen atoms in total. The highest BCUT2D eigenvalue weighted by Crippen LogP contribution is 2.30. The topological polar surface area (TPSA) is 0 Å². The highest BCUT2D eigenvalue weighted by Gasteiger charge is 2.03. The monoisotopic (exact) mass is 302 g/mol. The fraction of sp³-hybridized carbons (Fsp3) is 0.0476. The Hall–Kier alpha value is -2.25. The van der Waals surface area contributed by atoms with E-state index < -0.39 is 0 Å². The first-order valence-corrected chi connectivity index (χ1v) is 8.24. The van der Waals surface area contributed by atoms with Gasteiger partial charge < -0.3 is 0 Å². The third-order valence-corrected chi connectivity index (χ3v) is 4.37. The fourth-order valence-electron chi connectivity index (χ4n) is 2.29. The van der Waals surface area contributed by atoms with Crippen molar-refractivity contribution in [2.24, 2.45) is 0 Å². The van der Waals surface area contributed by atoms with Crippen LogP contribution < -0.4 is 0 Å². The van der Waals surface area contributed by atoms with Crippen LogP contribution in [0.3, 0.4) is 0 Å². The van der Waals surface area contributed by atoms with Crippen LogP contribution in [0.5, 0.6) is 0 Å². The number of thioether (sulfide) groups is 1. The van der Waals surface area contributed by atoms with Gasteiger partial charge in [-0.25, -0.2) is 0 Å². The van der Waals surface area contributed by atoms with E-state index in [-0.39, 0.29) is 0 Å². The van der Waals surface area contributed by atoms with Gasteiger partial charge in [-0.15, -0.1) is 0 Å². The summed E-state index contributed by atoms with van der Waals surface area (Å²) in [7, 11) is 0. The molecule has 0 atom stereocenters. The summed E-state index contributed by atoms with van der Waals surface area (Å²) in [6.45, 7) is 0. The third kappa shape index (κ3) is 4.37. The largest absolute Gasteiger partial charge is 0.0942 e. The molecule has 1 heteroatoms. The summed E-state index contributed by atoms with van der Waals surface area (Å²) in [6, 6.07) is 31.7. The molecule has 0 saturated carbocycles. The summed E-state index contributed by atoms with van der Waals surface area (Å²) in [4.78, 5) is 2.63. The lowest BCUT2D eigenvalue weighted by molar-refractivity contribution is 1.25. The Morgan fingerprint density at radius 2 is 1.23 bits per heavy atom. The van der Waals surface area contributed by atoms with Crippen LogP contribution in [0.15, 0.2) is 101 Å². The van der Waals surface area contributed by atoms with Crippen LogP contribution in [0.1, 0.15) is 11.1 Å². The Kier molecular flexibility index (Phi) is 5.12. The van der Waals surface area contributed by atoms with Crippen molar-refractivity contribution in [3.63, 3.8) is 0 Å². The molecule has 0 aliphatic rings. The molecule has 0 amide bonds. The maximum atomic E-state index is 2.28. The van der Waals surface area contributed by atoms with Gasteiger partial charge in [0.2, 0.25) is 0 Å². The maximum absolute atomic E-state index is 2.28. The summed E-state index contributed by atoms with van der Waals surface area (Å²) < 4.78 is 0. The van der Waals surface area contributed by atoms with Crippen molar-refractivity contribution < 1.29 is 0 Å². The Bertz CT molecular complexity index is 672. The second kappa shape index (κ2) is 7.67. The van der Waals surface area contributed by atoms with Gasteiger partial charge in [0.15, 0.2) is 0 Å². The lowest BCUT2D eigenvalue weighted by Gasteiger charge is -2.08. The zero-order chi connectivity index (χ0) is 15.0. The number of hydrogen-bond donors (Lipinski definition) is 0. The molecule has 0 fully saturated rings. The second-order valence-electron chi connectivity index (χ2n) is 5.10. The molecule has 0 bridgehead atoms. The average Bonchev–Trinajstić information content (AvgIpc) is 2.57. The van der Waals surface area contributed by atoms with Crippen LogP contribution in [0, 0.1) is 0 Å². The molecule has 0 spiro atoms. The lowest BCUT2D eigenvalue weighted by Crippen LogP contribution is -1.87. The molecule has 3 aromatic carbocycles. The molecule has 0 saturated heterocycles. The van der Waals surface area contributed by atoms with Crippen LogP contribution >= 0.6 is 11.8 Å². The smallest absolute Gasteiger partial charge is 0.0119 e. The van der Waals surface area contributed by atoms with Gasteiger partial charge >= 0.3 is 0 Å². The van der Waals surface area contributed by atoms with E-state index in [0.29, 0.717) is 0 Å². The Morgan fingerprint density at radius 1 is 0.682 bits per heavy atom. The average molecular weight is 302 g/mol. The molecule has 0 unspecified atom stereocenters. The highest BCUT2D eigenvalue weighted by molar-refractivity contribution is 8.03. The minimum absolute atomic E-state index is 0.954. The Labute approximate surface area is 136 Å². The van der Waals surface area contributed by atoms with Gasteiger partial charge in [-0.05, 0) is 34.2 Å². The molecule has 3 aromatic rings. The summed E-state index contributed by atoms with van der Waals surface area (Å²) in [5, 5.41) is 0. The second-order valence-corrected chi connectivity index (χ2v) is 6.30. The SMILES string of the molecule is C(=C(Cc1ccccc1)Sc1ccccc1)c1ccccc1. The van der Waals surface area contributed by atoms with Gasteiger partial charge in [0, 0.05) is 11.3 Å². The predicted molar refractivity (Wildman–Crippen MR) is 96.9 cm³/mol. The minimum atomic E-state index is 0.954. The van der Waals surface area contributed by atoms with Crippen molar-refractivity contribution in [1.29, 1.82) is 0 Å². The molecular formula is C21H18S. The van der Waals surface area contributed by atoms with Crippen molar-refractivity contribution >= 4 is 17.8 Å². The van der Waals surface area contributed by atoms with Crippen LogP contribution in [0.2, 0.25) is 0 Å². The summed E-state index contributed by atoms with van der Waals surface area (Å²) >= 11 is 1.84. The first-order valence-electron chi connectivity index (χ1n) is 7.42. The van der Waals surface area contributed by atoms with Gasteiger partial charge in [0.25, 0.3) is 0 Å². The molecule has 0 aliphatic carbocycles. The van der Waals surface area contributed by atoms with E-state index >= 15 is 0 Å². The lowest BCUT2D eigenvalue weighted by atomic mass is 10.1. The van der Waals surface area contributed by atoms with Crippen molar-refractivity contribution in [3.8, 4) is 0 Å². The van der Waals surface area contributed by atoms with Crippen molar-refractivity contribution in [3.05, 3.63) is 107 Å². The van der Waals surface area contributed by atoms with E-state index in [1.165, 1.54) is 20.9 Å². The highest BCUT2D eigenvalue weighted by atomic mass is 32.2. The molecule has 108 valence electrons. The van der Waals surface area contributed by atoms with Gasteiger partial charge in [-0.3, -0.25) is 0 Å². The molecule has 0 N–H and O–H groups in total. The summed E-state index contributed by atoms with van der Waals surface area (Å²) in [5.41, 5.74) is 2.59. The van der Waals surface area contributed by atoms with E-state index in [1.54, 1.807) is 0 Å². The molecular weight excluding hydrogens is 284 g/mol. The normalized spacial score (nSPS) is 11.4. The van der Waals surface area contributed by atoms with Gasteiger partial charge in [0.1, 0.15) is 0 Å². The predicted octanol–water partition coefficient (Wildman–Crippen LogP) is 6.06. The zero-order valence-electron chi connectivity index (χ0n) is 12.4. The van der Waals surface area contributed by atoms with Crippen LogP contribution in [0.4, 0.5) is 0 Å². The van der Waals surface area contributed by atoms with E-state index in [4.69, 9.17) is 0 Å². The number of benzene rings is 3. The summed E-state index contributed by atoms with van der Waals surface area (Å²) in [5.74, 6) is 0. The quantitative estimate of drug-likeness (QED) is 0.516. The van der Waals surface area contributed by atoms with Crippen molar-refractivity contribution in [1.82, 2.24) is 0 Å². The van der Waals surface area contributed by atoms with Crippen LogP contribution in [-0.4, -0.2) is 0 Å². The maximum Gasteiger partial charge on any atom is 0.0119 e. The number of allylic oxidation sites excluding steroid dienone is 1. The first-order chi connectivity index (χ1) is 10.9. The third-order valence-electron chi connectivity index (χ3n) is 3.34. The van der Waals surface area contributed by atoms with E-state index in [2.05, 4.69) is 97.1 Å². The molecule has 0 aromatic heterocycles. The van der Waals surface area contributed by atoms with Gasteiger partial charge in [0.05, 0.1) is 0 Å². The first kappa shape index (κ1) is 14.7. The number of hydrogen-bond acceptors (Lipinski definition) is 1. The minimum Gasteiger partial charge on any atom is -0.0942 e. The number of rotatable bonds is 5. The van der Waals surface area contributed by atoms with E-state index in [9.17, 15) is 0 Å². The molecule has 22 heavy (non-hydrogen) atoms. The molecule has 0 radical (unpaired) electrons. The Morgan fingerprint density at radius 3 is 1.86 bits per heavy atom. The molecule has 0 heterocycles. The molecule has 3 rings (SSSR count). The zero-order valence-corrected chi connectivity index (χ0v) is 13.2. The fourth-order valence-corrected chi connectivity index (χ4v) is 3.32. The van der Waals surface area contributed by atoms with Crippen molar-refractivity contribution in [2.75, 3.05) is 0 Å². The standard InChI is InChI=1S/C21H18S/c1-4-10-18(11-5-1)16-21(17-19-12-6-2-7-13-19)22-20-14-8-3-9-15-20/h1-16H,17H2.